The number of benzene rings is 2. The van der Waals surface area contributed by atoms with Gasteiger partial charge in [-0.15, -0.1) is 0 Å². The summed E-state index contributed by atoms with van der Waals surface area (Å²) in [6.45, 7) is 24.7. The Hall–Kier alpha value is -1.33. The van der Waals surface area contributed by atoms with Crippen LogP contribution in [0.15, 0.2) is 24.3 Å². The fraction of sp³-hybridized carbons (Fsp3) is 0.692. The predicted octanol–water partition coefficient (Wildman–Crippen LogP) is 12.1. The van der Waals surface area contributed by atoms with Crippen LogP contribution in [-0.2, 0) is 0 Å². The van der Waals surface area contributed by atoms with Gasteiger partial charge in [0.2, 0.25) is 0 Å². The molecule has 2 aromatic rings. The van der Waals surface area contributed by atoms with Gasteiger partial charge in [-0.3, -0.25) is 0 Å². The maximum absolute atomic E-state index is 6.54. The molecule has 0 atom stereocenters. The fourth-order valence-electron chi connectivity index (χ4n) is 8.84. The lowest BCUT2D eigenvalue weighted by Gasteiger charge is -2.51. The summed E-state index contributed by atoms with van der Waals surface area (Å²) in [6.07, 6.45) is 14.0. The minimum Gasteiger partial charge on any atom is -0.493 e. The number of methoxy groups -OCH3 is 1. The van der Waals surface area contributed by atoms with E-state index in [1.165, 1.54) is 92.2 Å². The van der Waals surface area contributed by atoms with Crippen molar-refractivity contribution < 1.29 is 4.74 Å². The number of rotatable bonds is 8. The van der Waals surface area contributed by atoms with Crippen LogP contribution in [0.3, 0.4) is 0 Å². The van der Waals surface area contributed by atoms with Crippen molar-refractivity contribution in [2.75, 3.05) is 7.11 Å². The third kappa shape index (κ3) is 6.06. The summed E-state index contributed by atoms with van der Waals surface area (Å²) in [6, 6.07) is 9.86. The first-order chi connectivity index (χ1) is 19.4. The van der Waals surface area contributed by atoms with Crippen molar-refractivity contribution in [3.8, 4) is 16.9 Å². The van der Waals surface area contributed by atoms with Gasteiger partial charge < -0.3 is 4.74 Å². The van der Waals surface area contributed by atoms with Crippen LogP contribution in [0.2, 0.25) is 0 Å². The second-order valence-electron chi connectivity index (χ2n) is 15.4. The van der Waals surface area contributed by atoms with Crippen molar-refractivity contribution in [1.29, 1.82) is 0 Å². The molecule has 2 heteroatoms. The highest BCUT2D eigenvalue weighted by molar-refractivity contribution is 7.85. The van der Waals surface area contributed by atoms with E-state index in [-0.39, 0.29) is 5.16 Å². The molecule has 2 aliphatic carbocycles. The molecule has 228 valence electrons. The van der Waals surface area contributed by atoms with E-state index in [9.17, 15) is 0 Å². The van der Waals surface area contributed by atoms with Crippen molar-refractivity contribution >= 4 is 12.6 Å². The molecule has 0 bridgehead atoms. The molecule has 0 aromatic heterocycles. The van der Waals surface area contributed by atoms with Gasteiger partial charge in [0.05, 0.1) is 30.8 Å². The first-order valence-corrected chi connectivity index (χ1v) is 19.0. The number of aryl methyl sites for hydroxylation is 1. The van der Waals surface area contributed by atoms with Crippen LogP contribution in [0.25, 0.3) is 11.1 Å². The Morgan fingerprint density at radius 2 is 1.15 bits per heavy atom. The zero-order chi connectivity index (χ0) is 30.1. The second-order valence-corrected chi connectivity index (χ2v) is 20.2. The average molecular weight is 578 g/mol. The highest BCUT2D eigenvalue weighted by Crippen LogP contribution is 2.80. The van der Waals surface area contributed by atoms with Crippen molar-refractivity contribution in [2.24, 2.45) is 0 Å². The van der Waals surface area contributed by atoms with Crippen LogP contribution in [0, 0.1) is 6.92 Å². The minimum absolute atomic E-state index is 0.223. The second kappa shape index (κ2) is 13.1. The molecule has 0 amide bonds. The van der Waals surface area contributed by atoms with E-state index in [1.54, 1.807) is 16.4 Å². The molecule has 2 saturated carbocycles. The molecule has 0 radical (unpaired) electrons. The highest BCUT2D eigenvalue weighted by atomic mass is 31.2. The number of hydrogen-bond donors (Lipinski definition) is 0. The van der Waals surface area contributed by atoms with E-state index in [0.717, 1.165) is 11.3 Å². The molecule has 0 aliphatic heterocycles. The van der Waals surface area contributed by atoms with E-state index >= 15 is 0 Å². The fourth-order valence-corrected chi connectivity index (χ4v) is 16.6. The maximum atomic E-state index is 6.54. The molecule has 0 N–H and O–H groups in total. The van der Waals surface area contributed by atoms with Crippen LogP contribution in [0.4, 0.5) is 0 Å². The first-order valence-electron chi connectivity index (χ1n) is 17.1. The van der Waals surface area contributed by atoms with Gasteiger partial charge in [0.25, 0.3) is 0 Å². The van der Waals surface area contributed by atoms with Gasteiger partial charge >= 0.3 is 0 Å². The molecule has 2 aromatic carbocycles. The molecule has 0 heterocycles. The normalized spacial score (nSPS) is 18.1. The van der Waals surface area contributed by atoms with E-state index in [2.05, 4.69) is 93.5 Å². The molecular formula is C39H62OP+. The van der Waals surface area contributed by atoms with Crippen molar-refractivity contribution in [3.05, 3.63) is 46.5 Å². The average Bonchev–Trinajstić information content (AvgIpc) is 2.93. The summed E-state index contributed by atoms with van der Waals surface area (Å²) in [5.41, 5.74) is 10.7. The summed E-state index contributed by atoms with van der Waals surface area (Å²) in [4.78, 5) is 0. The number of ether oxygens (including phenoxy) is 1. The Morgan fingerprint density at radius 1 is 0.683 bits per heavy atom. The largest absolute Gasteiger partial charge is 0.493 e. The van der Waals surface area contributed by atoms with Gasteiger partial charge in [0.1, 0.15) is 5.30 Å². The van der Waals surface area contributed by atoms with E-state index in [0.29, 0.717) is 17.8 Å². The number of hydrogen-bond acceptors (Lipinski definition) is 1. The summed E-state index contributed by atoms with van der Waals surface area (Å²) >= 11 is 0. The Kier molecular flexibility index (Phi) is 10.4. The van der Waals surface area contributed by atoms with Gasteiger partial charge in [-0.25, -0.2) is 0 Å². The Morgan fingerprint density at radius 3 is 1.51 bits per heavy atom. The highest BCUT2D eigenvalue weighted by Gasteiger charge is 2.63. The smallest absolute Gasteiger partial charge is 0.161 e. The lowest BCUT2D eigenvalue weighted by molar-refractivity contribution is 0.417. The van der Waals surface area contributed by atoms with Gasteiger partial charge in [-0.2, -0.15) is 0 Å². The van der Waals surface area contributed by atoms with Gasteiger partial charge in [-0.05, 0) is 131 Å². The third-order valence-corrected chi connectivity index (χ3v) is 17.5. The molecular weight excluding hydrogens is 515 g/mol. The zero-order valence-electron chi connectivity index (χ0n) is 28.6. The van der Waals surface area contributed by atoms with Crippen molar-refractivity contribution in [1.82, 2.24) is 0 Å². The first kappa shape index (κ1) is 32.6. The molecule has 1 nitrogen and oxygen atoms in total. The van der Waals surface area contributed by atoms with Crippen LogP contribution in [0.1, 0.15) is 167 Å². The monoisotopic (exact) mass is 577 g/mol. The lowest BCUT2D eigenvalue weighted by Crippen LogP contribution is -2.45. The van der Waals surface area contributed by atoms with Gasteiger partial charge in [-0.1, -0.05) is 72.6 Å². The van der Waals surface area contributed by atoms with Gasteiger partial charge in [0.15, 0.2) is 5.75 Å². The summed E-state index contributed by atoms with van der Waals surface area (Å²) in [7, 11) is 0.227. The predicted molar refractivity (Wildman–Crippen MR) is 185 cm³/mol. The molecule has 0 spiro atoms. The molecule has 41 heavy (non-hydrogen) atoms. The zero-order valence-corrected chi connectivity index (χ0v) is 29.5. The topological polar surface area (TPSA) is 9.23 Å². The standard InChI is InChI=1S/C39H62OP/c1-26(2)30-24-33(27(3)4)37(34(25-30)28(5)6)36-29(7)22-23-35(40-11)38(36)41(39(8,9)10,31-18-14-12-15-19-31)32-20-16-13-17-21-32/h22-28,31-32H,12-21H2,1-11H3/q+1. The van der Waals surface area contributed by atoms with Crippen molar-refractivity contribution in [3.63, 3.8) is 0 Å². The van der Waals surface area contributed by atoms with E-state index in [1.807, 2.05) is 7.11 Å². The summed E-state index contributed by atoms with van der Waals surface area (Å²) < 4.78 is 6.54. The Balaban J connectivity index is 2.22. The Bertz CT molecular complexity index is 1120. The van der Waals surface area contributed by atoms with Crippen LogP contribution in [0.5, 0.6) is 5.75 Å². The molecule has 0 unspecified atom stereocenters. The van der Waals surface area contributed by atoms with Crippen LogP contribution in [-0.4, -0.2) is 23.6 Å². The van der Waals surface area contributed by atoms with E-state index < -0.39 is 7.26 Å². The van der Waals surface area contributed by atoms with Crippen LogP contribution < -0.4 is 10.0 Å². The minimum atomic E-state index is -1.72. The molecule has 0 saturated heterocycles. The van der Waals surface area contributed by atoms with E-state index in [4.69, 9.17) is 4.74 Å². The van der Waals surface area contributed by atoms with Crippen molar-refractivity contribution in [2.45, 2.75) is 168 Å². The molecule has 2 fully saturated rings. The third-order valence-electron chi connectivity index (χ3n) is 10.7. The molecule has 2 aliphatic rings. The summed E-state index contributed by atoms with van der Waals surface area (Å²) in [5.74, 6) is 2.63. The Labute approximate surface area is 255 Å². The maximum Gasteiger partial charge on any atom is 0.161 e. The SMILES string of the molecule is COc1ccc(C)c(-c2c(C(C)C)cc(C(C)C)cc2C(C)C)c1[P+](C1CCCCC1)(C1CCCCC1)C(C)(C)C. The molecule has 4 rings (SSSR count). The summed E-state index contributed by atoms with van der Waals surface area (Å²) in [5, 5.41) is 1.90. The quantitative estimate of drug-likeness (QED) is 0.284. The van der Waals surface area contributed by atoms with Crippen LogP contribution >= 0.6 is 7.26 Å². The van der Waals surface area contributed by atoms with Gasteiger partial charge in [0, 0.05) is 5.56 Å². The lowest BCUT2D eigenvalue weighted by atomic mass is 9.80.